The Bertz CT molecular complexity index is 1300. The number of aryl methyl sites for hydroxylation is 1. The number of carbonyl (C=O) groups is 2. The third-order valence-electron chi connectivity index (χ3n) is 5.56. The van der Waals surface area contributed by atoms with Crippen molar-refractivity contribution >= 4 is 22.9 Å². The molecule has 0 aliphatic rings. The summed E-state index contributed by atoms with van der Waals surface area (Å²) < 4.78 is 5.36. The molecule has 0 saturated carbocycles. The van der Waals surface area contributed by atoms with Crippen LogP contribution in [0.25, 0.3) is 22.4 Å². The molecular weight excluding hydrogens is 416 g/mol. The Morgan fingerprint density at radius 3 is 2.58 bits per heavy atom. The number of hydrogen-bond donors (Lipinski definition) is 2. The van der Waals surface area contributed by atoms with Gasteiger partial charge in [-0.2, -0.15) is 0 Å². The lowest BCUT2D eigenvalue weighted by atomic mass is 10.0. The van der Waals surface area contributed by atoms with Crippen LogP contribution in [0.15, 0.2) is 65.2 Å². The van der Waals surface area contributed by atoms with Gasteiger partial charge in [-0.15, -0.1) is 0 Å². The molecule has 168 valence electrons. The summed E-state index contributed by atoms with van der Waals surface area (Å²) in [7, 11) is 0. The fraction of sp³-hybridized carbons (Fsp3) is 0.231. The second kappa shape index (κ2) is 9.65. The summed E-state index contributed by atoms with van der Waals surface area (Å²) in [5.41, 5.74) is 4.28. The molecular formula is C26H26N4O3. The molecule has 0 saturated heterocycles. The van der Waals surface area contributed by atoms with Gasteiger partial charge in [0.05, 0.1) is 22.3 Å². The van der Waals surface area contributed by atoms with Gasteiger partial charge in [-0.1, -0.05) is 54.5 Å². The van der Waals surface area contributed by atoms with Crippen molar-refractivity contribution in [3.63, 3.8) is 0 Å². The van der Waals surface area contributed by atoms with E-state index < -0.39 is 0 Å². The number of hydrogen-bond acceptors (Lipinski definition) is 5. The van der Waals surface area contributed by atoms with E-state index in [2.05, 4.69) is 20.8 Å². The Morgan fingerprint density at radius 2 is 1.82 bits per heavy atom. The Morgan fingerprint density at radius 1 is 1.03 bits per heavy atom. The van der Waals surface area contributed by atoms with E-state index in [-0.39, 0.29) is 24.4 Å². The van der Waals surface area contributed by atoms with E-state index in [4.69, 9.17) is 4.52 Å². The summed E-state index contributed by atoms with van der Waals surface area (Å²) in [5, 5.41) is 10.5. The fourth-order valence-corrected chi connectivity index (χ4v) is 3.54. The first-order chi connectivity index (χ1) is 16.0. The molecule has 0 bridgehead atoms. The predicted molar refractivity (Wildman–Crippen MR) is 127 cm³/mol. The topological polar surface area (TPSA) is 97.1 Å². The lowest BCUT2D eigenvalue weighted by Crippen LogP contribution is -2.32. The molecule has 1 unspecified atom stereocenters. The van der Waals surface area contributed by atoms with E-state index in [0.717, 1.165) is 17.5 Å². The maximum absolute atomic E-state index is 13.2. The van der Waals surface area contributed by atoms with E-state index in [0.29, 0.717) is 33.6 Å². The van der Waals surface area contributed by atoms with Crippen molar-refractivity contribution in [2.45, 2.75) is 39.8 Å². The number of nitrogens with zero attached hydrogens (tertiary/aromatic N) is 2. The minimum absolute atomic E-state index is 0.0978. The summed E-state index contributed by atoms with van der Waals surface area (Å²) in [4.78, 5) is 30.1. The van der Waals surface area contributed by atoms with Crippen molar-refractivity contribution < 1.29 is 14.1 Å². The molecule has 4 rings (SSSR count). The summed E-state index contributed by atoms with van der Waals surface area (Å²) >= 11 is 0. The van der Waals surface area contributed by atoms with Gasteiger partial charge in [0.15, 0.2) is 0 Å². The van der Waals surface area contributed by atoms with Gasteiger partial charge in [-0.25, -0.2) is 4.98 Å². The van der Waals surface area contributed by atoms with Gasteiger partial charge in [0.1, 0.15) is 0 Å². The molecule has 7 nitrogen and oxygen atoms in total. The molecule has 2 aromatic carbocycles. The van der Waals surface area contributed by atoms with Crippen molar-refractivity contribution in [1.82, 2.24) is 20.8 Å². The first-order valence-electron chi connectivity index (χ1n) is 11.0. The second-order valence-corrected chi connectivity index (χ2v) is 8.04. The van der Waals surface area contributed by atoms with Crippen LogP contribution < -0.4 is 10.6 Å². The van der Waals surface area contributed by atoms with E-state index in [1.165, 1.54) is 0 Å². The Kier molecular flexibility index (Phi) is 6.49. The number of rotatable bonds is 7. The van der Waals surface area contributed by atoms with Crippen molar-refractivity contribution in [2.24, 2.45) is 0 Å². The molecule has 0 spiro atoms. The highest BCUT2D eigenvalue weighted by Gasteiger charge is 2.19. The van der Waals surface area contributed by atoms with Crippen LogP contribution in [0.4, 0.5) is 0 Å². The third-order valence-corrected chi connectivity index (χ3v) is 5.56. The van der Waals surface area contributed by atoms with Gasteiger partial charge in [-0.05, 0) is 44.0 Å². The Labute approximate surface area is 192 Å². The zero-order chi connectivity index (χ0) is 23.4. The monoisotopic (exact) mass is 442 g/mol. The number of benzene rings is 2. The molecule has 2 N–H and O–H groups in total. The highest BCUT2D eigenvalue weighted by Crippen LogP contribution is 2.27. The minimum atomic E-state index is -0.264. The highest BCUT2D eigenvalue weighted by atomic mass is 16.5. The van der Waals surface area contributed by atoms with Crippen LogP contribution in [-0.2, 0) is 6.54 Å². The number of pyridine rings is 1. The minimum Gasteiger partial charge on any atom is -0.350 e. The summed E-state index contributed by atoms with van der Waals surface area (Å²) in [6.07, 6.45) is 0.856. The van der Waals surface area contributed by atoms with E-state index >= 15 is 0 Å². The average Bonchev–Trinajstić information content (AvgIpc) is 3.23. The molecule has 0 aliphatic carbocycles. The van der Waals surface area contributed by atoms with Gasteiger partial charge < -0.3 is 15.2 Å². The largest absolute Gasteiger partial charge is 0.350 e. The number of carbonyl (C=O) groups excluding carboxylic acids is 2. The second-order valence-electron chi connectivity index (χ2n) is 8.04. The van der Waals surface area contributed by atoms with Crippen molar-refractivity contribution in [3.8, 4) is 11.3 Å². The predicted octanol–water partition coefficient (Wildman–Crippen LogP) is 4.66. The molecule has 2 amide bonds. The number of amides is 2. The SMILES string of the molecule is CCC(C)NC(=O)c1cccc(CNC(=O)c2cc(-c3ccccc3)nc3onc(C)c23)c1. The van der Waals surface area contributed by atoms with E-state index in [9.17, 15) is 9.59 Å². The smallest absolute Gasteiger partial charge is 0.259 e. The third kappa shape index (κ3) is 4.92. The lowest BCUT2D eigenvalue weighted by molar-refractivity contribution is 0.0937. The molecule has 1 atom stereocenters. The first kappa shape index (κ1) is 22.2. The van der Waals surface area contributed by atoms with Crippen LogP contribution in [0, 0.1) is 6.92 Å². The van der Waals surface area contributed by atoms with Gasteiger partial charge in [0.2, 0.25) is 0 Å². The quantitative estimate of drug-likeness (QED) is 0.434. The summed E-state index contributed by atoms with van der Waals surface area (Å²) in [6.45, 7) is 6.05. The zero-order valence-electron chi connectivity index (χ0n) is 18.9. The number of nitrogens with one attached hydrogen (secondary N) is 2. The molecule has 33 heavy (non-hydrogen) atoms. The number of fused-ring (bicyclic) bond motifs is 1. The fourth-order valence-electron chi connectivity index (χ4n) is 3.54. The normalized spacial score (nSPS) is 11.8. The van der Waals surface area contributed by atoms with Crippen molar-refractivity contribution in [1.29, 1.82) is 0 Å². The molecule has 0 fully saturated rings. The van der Waals surface area contributed by atoms with Crippen LogP contribution in [0.1, 0.15) is 52.2 Å². The molecule has 2 aromatic heterocycles. The van der Waals surface area contributed by atoms with Crippen LogP contribution >= 0.6 is 0 Å². The Balaban J connectivity index is 1.57. The average molecular weight is 443 g/mol. The molecule has 4 aromatic rings. The van der Waals surface area contributed by atoms with Gasteiger partial charge in [0.25, 0.3) is 17.5 Å². The van der Waals surface area contributed by atoms with Crippen LogP contribution in [0.5, 0.6) is 0 Å². The highest BCUT2D eigenvalue weighted by molar-refractivity contribution is 6.07. The Hall–Kier alpha value is -4.00. The zero-order valence-corrected chi connectivity index (χ0v) is 18.9. The van der Waals surface area contributed by atoms with Crippen LogP contribution in [0.3, 0.4) is 0 Å². The summed E-state index contributed by atoms with van der Waals surface area (Å²) in [6, 6.07) is 18.7. The van der Waals surface area contributed by atoms with Gasteiger partial charge >= 0.3 is 0 Å². The molecule has 2 heterocycles. The molecule has 0 radical (unpaired) electrons. The summed E-state index contributed by atoms with van der Waals surface area (Å²) in [5.74, 6) is -0.388. The maximum atomic E-state index is 13.2. The molecule has 0 aliphatic heterocycles. The van der Waals surface area contributed by atoms with Crippen LogP contribution in [0.2, 0.25) is 0 Å². The van der Waals surface area contributed by atoms with Crippen molar-refractivity contribution in [2.75, 3.05) is 0 Å². The standard InChI is InChI=1S/C26H26N4O3/c1-4-16(2)28-24(31)20-12-8-9-18(13-20)15-27-25(32)21-14-22(19-10-6-5-7-11-19)29-26-23(21)17(3)30-33-26/h5-14,16H,4,15H2,1-3H3,(H,27,32)(H,28,31). The molecule has 7 heteroatoms. The number of aromatic nitrogens is 2. The first-order valence-corrected chi connectivity index (χ1v) is 11.0. The van der Waals surface area contributed by atoms with Crippen LogP contribution in [-0.4, -0.2) is 28.0 Å². The van der Waals surface area contributed by atoms with Gasteiger partial charge in [0, 0.05) is 23.7 Å². The lowest BCUT2D eigenvalue weighted by Gasteiger charge is -2.12. The maximum Gasteiger partial charge on any atom is 0.259 e. The van der Waals surface area contributed by atoms with Gasteiger partial charge in [-0.3, -0.25) is 9.59 Å². The van der Waals surface area contributed by atoms with Crippen molar-refractivity contribution in [3.05, 3.63) is 83.0 Å². The van der Waals surface area contributed by atoms with E-state index in [1.807, 2.05) is 56.3 Å². The van der Waals surface area contributed by atoms with E-state index in [1.54, 1.807) is 25.1 Å².